The molecule has 1 amide bonds. The fourth-order valence-electron chi connectivity index (χ4n) is 3.58. The summed E-state index contributed by atoms with van der Waals surface area (Å²) in [5, 5.41) is 12.7. The van der Waals surface area contributed by atoms with Crippen molar-refractivity contribution in [2.45, 2.75) is 64.2 Å². The van der Waals surface area contributed by atoms with Crippen molar-refractivity contribution in [1.82, 2.24) is 25.1 Å². The number of carbonyl (C=O) groups excluding carboxylic acids is 1. The lowest BCUT2D eigenvalue weighted by atomic mass is 9.98. The first-order valence-electron chi connectivity index (χ1n) is 8.77. The molecule has 0 radical (unpaired) electrons. The van der Waals surface area contributed by atoms with Crippen molar-refractivity contribution in [3.63, 3.8) is 0 Å². The topological polar surface area (TPSA) is 63.9 Å². The second kappa shape index (κ2) is 7.56. The Balaban J connectivity index is 1.72. The van der Waals surface area contributed by atoms with E-state index < -0.39 is 0 Å². The summed E-state index contributed by atoms with van der Waals surface area (Å²) in [5.74, 6) is 0.528. The summed E-state index contributed by atoms with van der Waals surface area (Å²) >= 11 is 1.40. The van der Waals surface area contributed by atoms with E-state index in [4.69, 9.17) is 0 Å². The van der Waals surface area contributed by atoms with Gasteiger partial charge in [0.15, 0.2) is 0 Å². The van der Waals surface area contributed by atoms with E-state index in [9.17, 15) is 4.79 Å². The van der Waals surface area contributed by atoms with E-state index in [2.05, 4.69) is 42.4 Å². The molecule has 6 nitrogen and oxygen atoms in total. The minimum absolute atomic E-state index is 0.167. The molecule has 3 rings (SSSR count). The molecule has 2 atom stereocenters. The molecule has 1 fully saturated rings. The van der Waals surface area contributed by atoms with E-state index in [-0.39, 0.29) is 5.91 Å². The maximum atomic E-state index is 12.7. The van der Waals surface area contributed by atoms with E-state index in [1.54, 1.807) is 4.68 Å². The third kappa shape index (κ3) is 3.86. The normalized spacial score (nSPS) is 20.7. The number of tetrazole rings is 1. The van der Waals surface area contributed by atoms with Gasteiger partial charge in [0, 0.05) is 12.1 Å². The number of nitrogens with zero attached hydrogens (tertiary/aromatic N) is 5. The highest BCUT2D eigenvalue weighted by Gasteiger charge is 2.29. The van der Waals surface area contributed by atoms with Crippen molar-refractivity contribution in [2.24, 2.45) is 0 Å². The van der Waals surface area contributed by atoms with Crippen LogP contribution in [0.1, 0.15) is 44.2 Å². The third-order valence-corrected chi connectivity index (χ3v) is 5.73. The molecular weight excluding hydrogens is 334 g/mol. The number of hydrogen-bond donors (Lipinski definition) is 0. The van der Waals surface area contributed by atoms with Gasteiger partial charge < -0.3 is 4.90 Å². The molecule has 0 bridgehead atoms. The minimum Gasteiger partial charge on any atom is -0.337 e. The molecule has 25 heavy (non-hydrogen) atoms. The lowest BCUT2D eigenvalue weighted by Crippen LogP contribution is -2.48. The van der Waals surface area contributed by atoms with Crippen LogP contribution in [-0.2, 0) is 4.79 Å². The molecule has 1 aromatic heterocycles. The van der Waals surface area contributed by atoms with Crippen molar-refractivity contribution >= 4 is 17.7 Å². The van der Waals surface area contributed by atoms with E-state index in [1.165, 1.54) is 23.7 Å². The molecule has 0 N–H and O–H groups in total. The zero-order chi connectivity index (χ0) is 18.0. The zero-order valence-corrected chi connectivity index (χ0v) is 16.1. The molecule has 0 unspecified atom stereocenters. The summed E-state index contributed by atoms with van der Waals surface area (Å²) < 4.78 is 1.72. The lowest BCUT2D eigenvalue weighted by molar-refractivity contribution is -0.134. The number of carbonyl (C=O) groups is 1. The van der Waals surface area contributed by atoms with Crippen molar-refractivity contribution in [1.29, 1.82) is 0 Å². The fourth-order valence-corrected chi connectivity index (χ4v) is 4.33. The van der Waals surface area contributed by atoms with Gasteiger partial charge >= 0.3 is 0 Å². The number of aromatic nitrogens is 4. The Morgan fingerprint density at radius 2 is 1.96 bits per heavy atom. The van der Waals surface area contributed by atoms with Crippen LogP contribution in [0.15, 0.2) is 23.4 Å². The number of thioether (sulfide) groups is 1. The maximum Gasteiger partial charge on any atom is 0.233 e. The van der Waals surface area contributed by atoms with Crippen LogP contribution in [0.25, 0.3) is 5.69 Å². The van der Waals surface area contributed by atoms with Gasteiger partial charge in [-0.05, 0) is 69.0 Å². The zero-order valence-electron chi connectivity index (χ0n) is 15.3. The number of benzene rings is 1. The van der Waals surface area contributed by atoms with Crippen molar-refractivity contribution in [3.05, 3.63) is 29.3 Å². The van der Waals surface area contributed by atoms with E-state index in [0.29, 0.717) is 23.0 Å². The molecule has 1 aliphatic heterocycles. The first kappa shape index (κ1) is 17.9. The Hall–Kier alpha value is -1.89. The summed E-state index contributed by atoms with van der Waals surface area (Å²) in [6.45, 7) is 8.38. The molecule has 7 heteroatoms. The Morgan fingerprint density at radius 3 is 2.64 bits per heavy atom. The van der Waals surface area contributed by atoms with E-state index >= 15 is 0 Å². The summed E-state index contributed by atoms with van der Waals surface area (Å²) in [5.41, 5.74) is 3.26. The average molecular weight is 359 g/mol. The van der Waals surface area contributed by atoms with Gasteiger partial charge in [0.05, 0.1) is 11.4 Å². The van der Waals surface area contributed by atoms with Crippen LogP contribution >= 0.6 is 11.8 Å². The molecule has 1 saturated heterocycles. The molecule has 0 aliphatic carbocycles. The van der Waals surface area contributed by atoms with Crippen LogP contribution in [0.2, 0.25) is 0 Å². The van der Waals surface area contributed by atoms with Gasteiger partial charge in [-0.15, -0.1) is 5.10 Å². The highest BCUT2D eigenvalue weighted by Crippen LogP contribution is 2.26. The van der Waals surface area contributed by atoms with E-state index in [0.717, 1.165) is 24.1 Å². The first-order valence-corrected chi connectivity index (χ1v) is 9.76. The summed E-state index contributed by atoms with van der Waals surface area (Å²) in [6.07, 6.45) is 3.37. The van der Waals surface area contributed by atoms with Crippen LogP contribution in [0.3, 0.4) is 0 Å². The Bertz CT molecular complexity index is 750. The highest BCUT2D eigenvalue weighted by atomic mass is 32.2. The van der Waals surface area contributed by atoms with Crippen LogP contribution in [0.5, 0.6) is 0 Å². The predicted molar refractivity (Wildman–Crippen MR) is 99.0 cm³/mol. The van der Waals surface area contributed by atoms with Gasteiger partial charge in [-0.2, -0.15) is 4.68 Å². The highest BCUT2D eigenvalue weighted by molar-refractivity contribution is 7.99. The molecular formula is C18H25N5OS. The fraction of sp³-hybridized carbons (Fsp3) is 0.556. The SMILES string of the molecule is Cc1ccc(-n2nnnc2SCC(=O)N2[C@H](C)CCC[C@H]2C)c(C)c1. The monoisotopic (exact) mass is 359 g/mol. The van der Waals surface area contributed by atoms with E-state index in [1.807, 2.05) is 24.0 Å². The van der Waals surface area contributed by atoms with Crippen molar-refractivity contribution in [3.8, 4) is 5.69 Å². The first-order chi connectivity index (χ1) is 12.0. The average Bonchev–Trinajstić information content (AvgIpc) is 3.01. The standard InChI is InChI=1S/C18H25N5OS/c1-12-8-9-16(13(2)10-12)23-18(19-20-21-23)25-11-17(24)22-14(3)6-5-7-15(22)4/h8-10,14-15H,5-7,11H2,1-4H3/t14-,15-/m1/s1. The molecule has 0 spiro atoms. The quantitative estimate of drug-likeness (QED) is 0.785. The third-order valence-electron chi connectivity index (χ3n) is 4.83. The Morgan fingerprint density at radius 1 is 1.24 bits per heavy atom. The largest absolute Gasteiger partial charge is 0.337 e. The molecule has 2 heterocycles. The van der Waals surface area contributed by atoms with Crippen molar-refractivity contribution in [2.75, 3.05) is 5.75 Å². The lowest BCUT2D eigenvalue weighted by Gasteiger charge is -2.39. The Kier molecular flexibility index (Phi) is 5.42. The molecule has 134 valence electrons. The molecule has 1 aromatic carbocycles. The smallest absolute Gasteiger partial charge is 0.233 e. The minimum atomic E-state index is 0.167. The van der Waals surface area contributed by atoms with Crippen LogP contribution in [-0.4, -0.2) is 48.9 Å². The number of hydrogen-bond acceptors (Lipinski definition) is 5. The van der Waals surface area contributed by atoms with Crippen molar-refractivity contribution < 1.29 is 4.79 Å². The molecule has 1 aliphatic rings. The maximum absolute atomic E-state index is 12.7. The summed E-state index contributed by atoms with van der Waals surface area (Å²) in [7, 11) is 0. The van der Waals surface area contributed by atoms with Crippen LogP contribution in [0.4, 0.5) is 0 Å². The molecule has 0 saturated carbocycles. The summed E-state index contributed by atoms with van der Waals surface area (Å²) in [4.78, 5) is 14.7. The number of amides is 1. The number of likely N-dealkylation sites (tertiary alicyclic amines) is 1. The Labute approximate surface area is 153 Å². The van der Waals surface area contributed by atoms with Gasteiger partial charge in [-0.3, -0.25) is 4.79 Å². The second-order valence-corrected chi connectivity index (χ2v) is 7.82. The summed E-state index contributed by atoms with van der Waals surface area (Å²) in [6, 6.07) is 6.79. The van der Waals surface area contributed by atoms with Gasteiger partial charge in [0.2, 0.25) is 11.1 Å². The predicted octanol–water partition coefficient (Wildman–Crippen LogP) is 3.16. The van der Waals surface area contributed by atoms with Gasteiger partial charge in [0.1, 0.15) is 0 Å². The number of aryl methyl sites for hydroxylation is 2. The number of piperidine rings is 1. The number of rotatable bonds is 4. The van der Waals surface area contributed by atoms with Gasteiger partial charge in [-0.1, -0.05) is 29.5 Å². The van der Waals surface area contributed by atoms with Gasteiger partial charge in [-0.25, -0.2) is 0 Å². The molecule has 2 aromatic rings. The van der Waals surface area contributed by atoms with Gasteiger partial charge in [0.25, 0.3) is 0 Å². The van der Waals surface area contributed by atoms with Crippen LogP contribution < -0.4 is 0 Å². The second-order valence-electron chi connectivity index (χ2n) is 6.88. The van der Waals surface area contributed by atoms with Crippen LogP contribution in [0, 0.1) is 13.8 Å².